The summed E-state index contributed by atoms with van der Waals surface area (Å²) in [5.74, 6) is 0.296. The number of hydrogen-bond donors (Lipinski definition) is 2. The van der Waals surface area contributed by atoms with Gasteiger partial charge in [-0.3, -0.25) is 20.4 Å². The molecule has 138 valence electrons. The van der Waals surface area contributed by atoms with Crippen LogP contribution in [0.25, 0.3) is 0 Å². The minimum absolute atomic E-state index is 0.186. The predicted molar refractivity (Wildman–Crippen MR) is 99.4 cm³/mol. The molecular formula is C18H18Cl2N2O4. The molecule has 0 bridgehead atoms. The predicted octanol–water partition coefficient (Wildman–Crippen LogP) is 3.38. The molecule has 8 heteroatoms. The van der Waals surface area contributed by atoms with Gasteiger partial charge >= 0.3 is 0 Å². The number of carbonyl (C=O) groups excluding carboxylic acids is 2. The van der Waals surface area contributed by atoms with E-state index in [9.17, 15) is 9.59 Å². The molecule has 0 radical (unpaired) electrons. The molecule has 0 saturated carbocycles. The second-order valence-electron chi connectivity index (χ2n) is 5.22. The maximum atomic E-state index is 11.7. The highest BCUT2D eigenvalue weighted by atomic mass is 35.5. The Hall–Kier alpha value is -2.44. The molecule has 2 amide bonds. The molecule has 0 spiro atoms. The van der Waals surface area contributed by atoms with Crippen molar-refractivity contribution in [3.8, 4) is 11.5 Å². The standard InChI is InChI=1S/C18H18Cl2N2O4/c19-13-8-9-16(15(20)11-13)25-10-4-7-17(23)21-22-18(24)12-26-14-5-2-1-3-6-14/h1-3,5-6,8-9,11H,4,7,10,12H2,(H,21,23)(H,22,24). The van der Waals surface area contributed by atoms with E-state index in [1.54, 1.807) is 42.5 Å². The van der Waals surface area contributed by atoms with Gasteiger partial charge < -0.3 is 9.47 Å². The van der Waals surface area contributed by atoms with Gasteiger partial charge in [0.2, 0.25) is 5.91 Å². The first-order valence-corrected chi connectivity index (χ1v) is 8.63. The molecule has 0 aromatic heterocycles. The Kier molecular flexibility index (Phi) is 8.05. The van der Waals surface area contributed by atoms with E-state index in [0.717, 1.165) is 0 Å². The van der Waals surface area contributed by atoms with Crippen molar-refractivity contribution >= 4 is 35.0 Å². The molecule has 0 unspecified atom stereocenters. The quantitative estimate of drug-likeness (QED) is 0.529. The van der Waals surface area contributed by atoms with Gasteiger partial charge in [0.15, 0.2) is 6.61 Å². The summed E-state index contributed by atoms with van der Waals surface area (Å²) in [4.78, 5) is 23.3. The highest BCUT2D eigenvalue weighted by Crippen LogP contribution is 2.27. The molecule has 2 aromatic carbocycles. The highest BCUT2D eigenvalue weighted by Gasteiger charge is 2.07. The fraction of sp³-hybridized carbons (Fsp3) is 0.222. The smallest absolute Gasteiger partial charge is 0.276 e. The Morgan fingerprint density at radius 1 is 0.923 bits per heavy atom. The lowest BCUT2D eigenvalue weighted by Gasteiger charge is -2.10. The van der Waals surface area contributed by atoms with E-state index < -0.39 is 5.91 Å². The normalized spacial score (nSPS) is 10.1. The van der Waals surface area contributed by atoms with E-state index in [-0.39, 0.29) is 18.9 Å². The summed E-state index contributed by atoms with van der Waals surface area (Å²) in [5, 5.41) is 0.932. The SMILES string of the molecule is O=C(CCCOc1ccc(Cl)cc1Cl)NNC(=O)COc1ccccc1. The summed E-state index contributed by atoms with van der Waals surface area (Å²) in [6.45, 7) is 0.113. The number of carbonyl (C=O) groups is 2. The molecule has 26 heavy (non-hydrogen) atoms. The number of nitrogens with one attached hydrogen (secondary N) is 2. The second-order valence-corrected chi connectivity index (χ2v) is 6.07. The van der Waals surface area contributed by atoms with Crippen LogP contribution < -0.4 is 20.3 Å². The monoisotopic (exact) mass is 396 g/mol. The summed E-state index contributed by atoms with van der Waals surface area (Å²) in [5.41, 5.74) is 4.61. The molecule has 2 rings (SSSR count). The molecule has 2 aromatic rings. The van der Waals surface area contributed by atoms with Crippen molar-refractivity contribution in [1.29, 1.82) is 0 Å². The number of amides is 2. The third-order valence-electron chi connectivity index (χ3n) is 3.15. The first-order chi connectivity index (χ1) is 12.5. The molecule has 0 fully saturated rings. The van der Waals surface area contributed by atoms with E-state index in [0.29, 0.717) is 34.6 Å². The van der Waals surface area contributed by atoms with Crippen molar-refractivity contribution < 1.29 is 19.1 Å². The van der Waals surface area contributed by atoms with E-state index in [1.165, 1.54) is 0 Å². The zero-order chi connectivity index (χ0) is 18.8. The minimum atomic E-state index is -0.452. The van der Waals surface area contributed by atoms with Gasteiger partial charge in [0, 0.05) is 11.4 Å². The lowest BCUT2D eigenvalue weighted by molar-refractivity contribution is -0.130. The van der Waals surface area contributed by atoms with Crippen molar-refractivity contribution in [2.24, 2.45) is 0 Å². The second kappa shape index (κ2) is 10.5. The maximum absolute atomic E-state index is 11.7. The van der Waals surface area contributed by atoms with Crippen LogP contribution in [0.15, 0.2) is 48.5 Å². The Labute approximate surface area is 161 Å². The van der Waals surface area contributed by atoms with Crippen LogP contribution in [0.1, 0.15) is 12.8 Å². The lowest BCUT2D eigenvalue weighted by Crippen LogP contribution is -2.43. The third kappa shape index (κ3) is 7.21. The van der Waals surface area contributed by atoms with Gasteiger partial charge in [-0.15, -0.1) is 0 Å². The fourth-order valence-electron chi connectivity index (χ4n) is 1.91. The average molecular weight is 397 g/mol. The fourth-order valence-corrected chi connectivity index (χ4v) is 2.37. The first-order valence-electron chi connectivity index (χ1n) is 7.88. The zero-order valence-corrected chi connectivity index (χ0v) is 15.3. The molecule has 0 atom stereocenters. The summed E-state index contributed by atoms with van der Waals surface area (Å²) < 4.78 is 10.7. The van der Waals surface area contributed by atoms with Crippen molar-refractivity contribution in [2.75, 3.05) is 13.2 Å². The number of rotatable bonds is 8. The average Bonchev–Trinajstić information content (AvgIpc) is 2.64. The summed E-state index contributed by atoms with van der Waals surface area (Å²) in [6, 6.07) is 13.8. The maximum Gasteiger partial charge on any atom is 0.276 e. The van der Waals surface area contributed by atoms with Crippen LogP contribution in [-0.2, 0) is 9.59 Å². The summed E-state index contributed by atoms with van der Waals surface area (Å²) >= 11 is 11.8. The van der Waals surface area contributed by atoms with Gasteiger partial charge in [-0.2, -0.15) is 0 Å². The van der Waals surface area contributed by atoms with Gasteiger partial charge in [0.1, 0.15) is 11.5 Å². The molecule has 0 saturated heterocycles. The van der Waals surface area contributed by atoms with Gasteiger partial charge in [0.05, 0.1) is 11.6 Å². The first kappa shape index (κ1) is 19.9. The largest absolute Gasteiger partial charge is 0.492 e. The van der Waals surface area contributed by atoms with Crippen molar-refractivity contribution in [2.45, 2.75) is 12.8 Å². The van der Waals surface area contributed by atoms with Crippen LogP contribution in [0, 0.1) is 0 Å². The number of halogens is 2. The summed E-state index contributed by atoms with van der Waals surface area (Å²) in [6.07, 6.45) is 0.645. The number of hydrogen-bond acceptors (Lipinski definition) is 4. The van der Waals surface area contributed by atoms with Crippen LogP contribution in [0.5, 0.6) is 11.5 Å². The van der Waals surface area contributed by atoms with Gasteiger partial charge in [0.25, 0.3) is 5.91 Å². The molecule has 2 N–H and O–H groups in total. The number of para-hydroxylation sites is 1. The molecule has 6 nitrogen and oxygen atoms in total. The van der Waals surface area contributed by atoms with Gasteiger partial charge in [-0.1, -0.05) is 41.4 Å². The molecule has 0 aliphatic heterocycles. The van der Waals surface area contributed by atoms with Crippen LogP contribution >= 0.6 is 23.2 Å². The Bertz CT molecular complexity index is 741. The van der Waals surface area contributed by atoms with Crippen molar-refractivity contribution in [3.05, 3.63) is 58.6 Å². The molecule has 0 aliphatic rings. The van der Waals surface area contributed by atoms with Crippen LogP contribution in [0.4, 0.5) is 0 Å². The van der Waals surface area contributed by atoms with E-state index in [2.05, 4.69) is 10.9 Å². The molecule has 0 heterocycles. The van der Waals surface area contributed by atoms with Gasteiger partial charge in [-0.25, -0.2) is 0 Å². The van der Waals surface area contributed by atoms with Crippen molar-refractivity contribution in [3.63, 3.8) is 0 Å². The zero-order valence-electron chi connectivity index (χ0n) is 13.8. The van der Waals surface area contributed by atoms with Crippen molar-refractivity contribution in [1.82, 2.24) is 10.9 Å². The molecular weight excluding hydrogens is 379 g/mol. The number of hydrazine groups is 1. The summed E-state index contributed by atoms with van der Waals surface area (Å²) in [7, 11) is 0. The van der Waals surface area contributed by atoms with E-state index in [1.807, 2.05) is 6.07 Å². The van der Waals surface area contributed by atoms with Gasteiger partial charge in [-0.05, 0) is 36.8 Å². The van der Waals surface area contributed by atoms with Crippen LogP contribution in [0.2, 0.25) is 10.0 Å². The van der Waals surface area contributed by atoms with Crippen LogP contribution in [-0.4, -0.2) is 25.0 Å². The topological polar surface area (TPSA) is 76.7 Å². The third-order valence-corrected chi connectivity index (χ3v) is 3.68. The Morgan fingerprint density at radius 3 is 2.38 bits per heavy atom. The van der Waals surface area contributed by atoms with E-state index in [4.69, 9.17) is 32.7 Å². The Balaban J connectivity index is 1.57. The highest BCUT2D eigenvalue weighted by molar-refractivity contribution is 6.35. The van der Waals surface area contributed by atoms with E-state index >= 15 is 0 Å². The number of ether oxygens (including phenoxy) is 2. The number of benzene rings is 2. The lowest BCUT2D eigenvalue weighted by atomic mass is 10.3. The van der Waals surface area contributed by atoms with Crippen LogP contribution in [0.3, 0.4) is 0 Å². The minimum Gasteiger partial charge on any atom is -0.492 e. The Morgan fingerprint density at radius 2 is 1.65 bits per heavy atom. The molecule has 0 aliphatic carbocycles.